The van der Waals surface area contributed by atoms with Crippen LogP contribution in [0.2, 0.25) is 0 Å². The van der Waals surface area contributed by atoms with Crippen LogP contribution in [0.3, 0.4) is 0 Å². The van der Waals surface area contributed by atoms with Crippen LogP contribution in [0.5, 0.6) is 0 Å². The lowest BCUT2D eigenvalue weighted by Gasteiger charge is -2.18. The lowest BCUT2D eigenvalue weighted by Crippen LogP contribution is -2.24. The molecule has 0 aromatic heterocycles. The fourth-order valence-corrected chi connectivity index (χ4v) is 2.15. The Balaban J connectivity index is 3.80. The molecule has 0 aliphatic carbocycles. The van der Waals surface area contributed by atoms with Crippen molar-refractivity contribution in [1.29, 1.82) is 0 Å². The van der Waals surface area contributed by atoms with Gasteiger partial charge in [0.1, 0.15) is 0 Å². The highest BCUT2D eigenvalue weighted by atomic mass is 16.5. The lowest BCUT2D eigenvalue weighted by molar-refractivity contribution is -0.0370. The van der Waals surface area contributed by atoms with Gasteiger partial charge in [-0.15, -0.1) is 0 Å². The first-order chi connectivity index (χ1) is 13.8. The molecule has 0 fully saturated rings. The molecule has 0 saturated carbocycles. The molecule has 0 heterocycles. The Morgan fingerprint density at radius 3 is 1.33 bits per heavy atom. The average molecular weight is 395 g/mol. The minimum absolute atomic E-state index is 0.180. The van der Waals surface area contributed by atoms with Crippen LogP contribution in [0, 0.1) is 5.92 Å². The Hall–Kier alpha value is -0.240. The quantitative estimate of drug-likeness (QED) is 0.246. The van der Waals surface area contributed by atoms with Crippen molar-refractivity contribution < 1.29 is 29.8 Å². The highest BCUT2D eigenvalue weighted by Gasteiger charge is 2.10. The van der Waals surface area contributed by atoms with Gasteiger partial charge in [-0.2, -0.15) is 0 Å². The van der Waals surface area contributed by atoms with Crippen LogP contribution in [0.15, 0.2) is 0 Å². The molecule has 164 valence electrons. The van der Waals surface area contributed by atoms with E-state index in [4.69, 9.17) is 29.8 Å². The number of hydrogen-bond acceptors (Lipinski definition) is 6. The highest BCUT2D eigenvalue weighted by molar-refractivity contribution is 4.57. The number of rotatable bonds is 23. The van der Waals surface area contributed by atoms with E-state index >= 15 is 0 Å². The van der Waals surface area contributed by atoms with E-state index in [1.54, 1.807) is 0 Å². The predicted octanol–water partition coefficient (Wildman–Crippen LogP) is 3.71. The third-order valence-electron chi connectivity index (χ3n) is 3.75. The summed E-state index contributed by atoms with van der Waals surface area (Å²) in [4.78, 5) is 0. The lowest BCUT2D eigenvalue weighted by atomic mass is 10.2. The van der Waals surface area contributed by atoms with E-state index < -0.39 is 0 Å². The van der Waals surface area contributed by atoms with E-state index in [-0.39, 0.29) is 5.92 Å². The fraction of sp³-hybridized carbons (Fsp3) is 1.00. The maximum Gasteiger partial charge on any atom is 0.0700 e. The van der Waals surface area contributed by atoms with E-state index in [0.717, 1.165) is 45.3 Å². The first kappa shape index (κ1) is 24.8. The first-order valence-corrected chi connectivity index (χ1v) is 10.6. The van der Waals surface area contributed by atoms with Crippen molar-refractivity contribution in [2.75, 3.05) is 79.3 Å². The summed E-state index contributed by atoms with van der Waals surface area (Å²) in [6.07, 6.45) is 5.24. The third kappa shape index (κ3) is 21.9. The molecule has 0 rings (SSSR count). The summed E-state index contributed by atoms with van der Waals surface area (Å²) in [7, 11) is 0. The topological polar surface area (TPSA) is 55.4 Å². The van der Waals surface area contributed by atoms with Crippen molar-refractivity contribution in [1.82, 2.24) is 0 Å². The second-order valence-electron chi connectivity index (χ2n) is 6.49. The van der Waals surface area contributed by atoms with E-state index in [1.807, 2.05) is 0 Å². The molecule has 0 N–H and O–H groups in total. The minimum Gasteiger partial charge on any atom is -0.379 e. The van der Waals surface area contributed by atoms with Crippen molar-refractivity contribution in [2.45, 2.75) is 52.9 Å². The maximum atomic E-state index is 7.07. The molecule has 0 bridgehead atoms. The smallest absolute Gasteiger partial charge is 0.0700 e. The Morgan fingerprint density at radius 2 is 0.926 bits per heavy atom. The van der Waals surface area contributed by atoms with Gasteiger partial charge in [0, 0.05) is 27.1 Å². The van der Waals surface area contributed by atoms with Crippen LogP contribution in [0.1, 0.15) is 54.2 Å². The van der Waals surface area contributed by atoms with E-state index in [2.05, 4.69) is 13.8 Å². The van der Waals surface area contributed by atoms with Gasteiger partial charge in [-0.05, 0) is 19.3 Å². The molecule has 6 heteroatoms. The van der Waals surface area contributed by atoms with Crippen LogP contribution < -0.4 is 0 Å². The second-order valence-corrected chi connectivity index (χ2v) is 6.49. The molecule has 0 spiro atoms. The van der Waals surface area contributed by atoms with Crippen LogP contribution in [-0.4, -0.2) is 79.3 Å². The normalized spacial score (nSPS) is 12.0. The SMILES string of the molecule is [3H]CCCOCCOCC(COCCOCCCC)COCCOCCCC. The molecule has 0 unspecified atom stereocenters. The molecule has 0 atom stereocenters. The average Bonchev–Trinajstić information content (AvgIpc) is 2.71. The monoisotopic (exact) mass is 394 g/mol. The van der Waals surface area contributed by atoms with Gasteiger partial charge < -0.3 is 28.4 Å². The Morgan fingerprint density at radius 1 is 0.519 bits per heavy atom. The molecule has 0 aliphatic heterocycles. The van der Waals surface area contributed by atoms with E-state index in [1.165, 1.54) is 0 Å². The third-order valence-corrected chi connectivity index (χ3v) is 3.75. The van der Waals surface area contributed by atoms with Gasteiger partial charge >= 0.3 is 0 Å². The van der Waals surface area contributed by atoms with Crippen molar-refractivity contribution in [2.24, 2.45) is 5.92 Å². The standard InChI is InChI=1S/C21H44O6/c1-4-7-10-23-13-16-26-19-21(18-25-15-12-22-9-6-3)20-27-17-14-24-11-8-5-2/h21H,4-20H2,1-3H3/i3T. The number of ether oxygens (including phenoxy) is 6. The van der Waals surface area contributed by atoms with Gasteiger partial charge in [0.2, 0.25) is 0 Å². The van der Waals surface area contributed by atoms with Crippen LogP contribution >= 0.6 is 0 Å². The van der Waals surface area contributed by atoms with Crippen molar-refractivity contribution in [3.8, 4) is 0 Å². The van der Waals surface area contributed by atoms with E-state index in [0.29, 0.717) is 73.0 Å². The number of hydrogen-bond donors (Lipinski definition) is 0. The molecule has 27 heavy (non-hydrogen) atoms. The van der Waals surface area contributed by atoms with Gasteiger partial charge in [0.05, 0.1) is 59.5 Å². The van der Waals surface area contributed by atoms with Crippen LogP contribution in [0.25, 0.3) is 0 Å². The highest BCUT2D eigenvalue weighted by Crippen LogP contribution is 2.02. The molecule has 0 amide bonds. The summed E-state index contributed by atoms with van der Waals surface area (Å²) in [5.74, 6) is 0.180. The maximum absolute atomic E-state index is 7.07. The molecule has 0 aromatic carbocycles. The first-order valence-electron chi connectivity index (χ1n) is 11.3. The summed E-state index contributed by atoms with van der Waals surface area (Å²) in [5, 5.41) is 0. The Kier molecular flexibility index (Phi) is 21.9. The summed E-state index contributed by atoms with van der Waals surface area (Å²) >= 11 is 0. The van der Waals surface area contributed by atoms with Gasteiger partial charge in [0.15, 0.2) is 0 Å². The van der Waals surface area contributed by atoms with Gasteiger partial charge in [-0.3, -0.25) is 0 Å². The summed E-state index contributed by atoms with van der Waals surface area (Å²) in [5.41, 5.74) is 0. The second kappa shape index (κ2) is 23.8. The summed E-state index contributed by atoms with van der Waals surface area (Å²) in [6.45, 7) is 12.2. The predicted molar refractivity (Wildman–Crippen MR) is 109 cm³/mol. The van der Waals surface area contributed by atoms with Crippen LogP contribution in [0.4, 0.5) is 0 Å². The van der Waals surface area contributed by atoms with Crippen molar-refractivity contribution in [3.05, 3.63) is 0 Å². The molecular formula is C21H44O6. The largest absolute Gasteiger partial charge is 0.379 e. The fourth-order valence-electron chi connectivity index (χ4n) is 2.15. The minimum atomic E-state index is 0.180. The molecule has 0 aliphatic rings. The summed E-state index contributed by atoms with van der Waals surface area (Å²) < 4.78 is 40.7. The zero-order valence-electron chi connectivity index (χ0n) is 18.8. The van der Waals surface area contributed by atoms with Crippen molar-refractivity contribution in [3.63, 3.8) is 0 Å². The van der Waals surface area contributed by atoms with Gasteiger partial charge in [-0.25, -0.2) is 0 Å². The Bertz CT molecular complexity index is 241. The van der Waals surface area contributed by atoms with Crippen molar-refractivity contribution >= 4 is 0 Å². The van der Waals surface area contributed by atoms with Gasteiger partial charge in [-0.1, -0.05) is 33.6 Å². The molecular weight excluding hydrogens is 348 g/mol. The molecule has 0 aromatic rings. The zero-order valence-corrected chi connectivity index (χ0v) is 17.8. The zero-order chi connectivity index (χ0) is 20.5. The number of unbranched alkanes of at least 4 members (excludes halogenated alkanes) is 2. The molecule has 0 radical (unpaired) electrons. The Labute approximate surface area is 168 Å². The molecule has 0 saturated heterocycles. The van der Waals surface area contributed by atoms with E-state index in [9.17, 15) is 0 Å². The summed E-state index contributed by atoms with van der Waals surface area (Å²) in [6, 6.07) is 0. The van der Waals surface area contributed by atoms with Gasteiger partial charge in [0.25, 0.3) is 0 Å². The van der Waals surface area contributed by atoms with Crippen LogP contribution in [-0.2, 0) is 28.4 Å². The molecule has 6 nitrogen and oxygen atoms in total.